The van der Waals surface area contributed by atoms with Crippen molar-refractivity contribution in [2.24, 2.45) is 11.7 Å². The van der Waals surface area contributed by atoms with Crippen LogP contribution in [0.1, 0.15) is 12.8 Å². The lowest BCUT2D eigenvalue weighted by molar-refractivity contribution is 0.0176. The van der Waals surface area contributed by atoms with Crippen molar-refractivity contribution in [2.75, 3.05) is 59.8 Å². The molecule has 1 heterocycles. The minimum absolute atomic E-state index is 0.228. The Morgan fingerprint density at radius 1 is 1.21 bits per heavy atom. The number of rotatable bonds is 10. The van der Waals surface area contributed by atoms with Gasteiger partial charge in [0.1, 0.15) is 0 Å². The van der Waals surface area contributed by atoms with Gasteiger partial charge in [-0.3, -0.25) is 5.41 Å². The van der Waals surface area contributed by atoms with Gasteiger partial charge in [-0.25, -0.2) is 0 Å². The third kappa shape index (κ3) is 7.47. The lowest BCUT2D eigenvalue weighted by atomic mass is 9.97. The molecule has 6 heteroatoms. The van der Waals surface area contributed by atoms with E-state index in [1.165, 1.54) is 0 Å². The number of amidine groups is 1. The van der Waals surface area contributed by atoms with Crippen molar-refractivity contribution in [3.63, 3.8) is 0 Å². The van der Waals surface area contributed by atoms with Gasteiger partial charge in [-0.15, -0.1) is 0 Å². The minimum Gasteiger partial charge on any atom is -0.387 e. The zero-order chi connectivity index (χ0) is 13.9. The summed E-state index contributed by atoms with van der Waals surface area (Å²) in [6, 6.07) is 0. The normalized spacial score (nSPS) is 20.6. The topological polar surface area (TPSA) is 80.8 Å². The lowest BCUT2D eigenvalue weighted by Crippen LogP contribution is -2.42. The van der Waals surface area contributed by atoms with Gasteiger partial charge in [0.05, 0.1) is 38.9 Å². The number of likely N-dealkylation sites (tertiary alicyclic amines) is 1. The SMILES string of the molecule is COCCOCCOCCN1CCCC(C(=N)N)C1. The van der Waals surface area contributed by atoms with E-state index < -0.39 is 0 Å². The fourth-order valence-corrected chi connectivity index (χ4v) is 2.17. The summed E-state index contributed by atoms with van der Waals surface area (Å²) in [5.74, 6) is 0.545. The highest BCUT2D eigenvalue weighted by molar-refractivity contribution is 5.79. The second-order valence-electron chi connectivity index (χ2n) is 4.81. The second-order valence-corrected chi connectivity index (χ2v) is 4.81. The van der Waals surface area contributed by atoms with Crippen LogP contribution in [0.3, 0.4) is 0 Å². The summed E-state index contributed by atoms with van der Waals surface area (Å²) in [7, 11) is 1.66. The van der Waals surface area contributed by atoms with Crippen LogP contribution in [0, 0.1) is 11.3 Å². The Bertz CT molecular complexity index is 251. The largest absolute Gasteiger partial charge is 0.387 e. The maximum absolute atomic E-state index is 7.50. The first kappa shape index (κ1) is 16.4. The van der Waals surface area contributed by atoms with E-state index in [2.05, 4.69) is 4.90 Å². The standard InChI is InChI=1S/C13H27N3O3/c1-17-7-8-19-10-9-18-6-5-16-4-2-3-12(11-16)13(14)15/h12H,2-11H2,1H3,(H3,14,15). The Kier molecular flexibility index (Phi) is 8.73. The molecule has 112 valence electrons. The molecule has 3 N–H and O–H groups in total. The first-order valence-corrected chi connectivity index (χ1v) is 6.94. The van der Waals surface area contributed by atoms with Crippen LogP contribution >= 0.6 is 0 Å². The van der Waals surface area contributed by atoms with Crippen LogP contribution in [-0.4, -0.2) is 70.5 Å². The van der Waals surface area contributed by atoms with Crippen LogP contribution in [-0.2, 0) is 14.2 Å². The van der Waals surface area contributed by atoms with Gasteiger partial charge in [-0.2, -0.15) is 0 Å². The van der Waals surface area contributed by atoms with Crippen molar-refractivity contribution in [3.05, 3.63) is 0 Å². The zero-order valence-corrected chi connectivity index (χ0v) is 11.9. The monoisotopic (exact) mass is 273 g/mol. The Hall–Kier alpha value is -0.690. The van der Waals surface area contributed by atoms with E-state index >= 15 is 0 Å². The Labute approximate surface area is 115 Å². The molecular formula is C13H27N3O3. The number of hydrogen-bond acceptors (Lipinski definition) is 5. The van der Waals surface area contributed by atoms with Gasteiger partial charge in [0.15, 0.2) is 0 Å². The van der Waals surface area contributed by atoms with Crippen molar-refractivity contribution < 1.29 is 14.2 Å². The van der Waals surface area contributed by atoms with E-state index in [4.69, 9.17) is 25.4 Å². The van der Waals surface area contributed by atoms with Gasteiger partial charge in [0, 0.05) is 26.1 Å². The predicted molar refractivity (Wildman–Crippen MR) is 74.6 cm³/mol. The summed E-state index contributed by atoms with van der Waals surface area (Å²) in [5, 5.41) is 7.50. The lowest BCUT2D eigenvalue weighted by Gasteiger charge is -2.31. The summed E-state index contributed by atoms with van der Waals surface area (Å²) >= 11 is 0. The van der Waals surface area contributed by atoms with Crippen LogP contribution in [0.5, 0.6) is 0 Å². The van der Waals surface area contributed by atoms with Gasteiger partial charge in [0.25, 0.3) is 0 Å². The van der Waals surface area contributed by atoms with Crippen LogP contribution in [0.15, 0.2) is 0 Å². The number of methoxy groups -OCH3 is 1. The van der Waals surface area contributed by atoms with Gasteiger partial charge in [0.2, 0.25) is 0 Å². The molecule has 0 spiro atoms. The molecule has 6 nitrogen and oxygen atoms in total. The van der Waals surface area contributed by atoms with Crippen molar-refractivity contribution in [1.29, 1.82) is 5.41 Å². The fourth-order valence-electron chi connectivity index (χ4n) is 2.17. The average Bonchev–Trinajstić information content (AvgIpc) is 2.42. The molecule has 1 fully saturated rings. The number of nitrogens with two attached hydrogens (primary N) is 1. The first-order valence-electron chi connectivity index (χ1n) is 6.94. The molecule has 0 aromatic heterocycles. The van der Waals surface area contributed by atoms with Gasteiger partial charge < -0.3 is 24.8 Å². The predicted octanol–water partition coefficient (Wildman–Crippen LogP) is 0.314. The summed E-state index contributed by atoms with van der Waals surface area (Å²) in [6.07, 6.45) is 2.16. The van der Waals surface area contributed by atoms with Crippen LogP contribution in [0.4, 0.5) is 0 Å². The highest BCUT2D eigenvalue weighted by Crippen LogP contribution is 2.15. The summed E-state index contributed by atoms with van der Waals surface area (Å²) in [5.41, 5.74) is 5.56. The molecule has 0 radical (unpaired) electrons. The molecule has 0 aromatic rings. The van der Waals surface area contributed by atoms with E-state index in [9.17, 15) is 0 Å². The van der Waals surface area contributed by atoms with E-state index in [0.717, 1.165) is 32.5 Å². The molecule has 1 aliphatic rings. The molecule has 1 rings (SSSR count). The zero-order valence-electron chi connectivity index (χ0n) is 11.9. The molecule has 1 aliphatic heterocycles. The fraction of sp³-hybridized carbons (Fsp3) is 0.923. The van der Waals surface area contributed by atoms with Crippen molar-refractivity contribution >= 4 is 5.84 Å². The Morgan fingerprint density at radius 2 is 1.89 bits per heavy atom. The number of nitrogens with zero attached hydrogens (tertiary/aromatic N) is 1. The van der Waals surface area contributed by atoms with Crippen LogP contribution < -0.4 is 5.73 Å². The van der Waals surface area contributed by atoms with Gasteiger partial charge in [-0.05, 0) is 19.4 Å². The molecular weight excluding hydrogens is 246 g/mol. The summed E-state index contributed by atoms with van der Waals surface area (Å²) < 4.78 is 15.7. The molecule has 1 atom stereocenters. The average molecular weight is 273 g/mol. The minimum atomic E-state index is 0.228. The van der Waals surface area contributed by atoms with E-state index in [0.29, 0.717) is 38.9 Å². The third-order valence-corrected chi connectivity index (χ3v) is 3.30. The van der Waals surface area contributed by atoms with Gasteiger partial charge in [-0.1, -0.05) is 0 Å². The molecule has 1 unspecified atom stereocenters. The third-order valence-electron chi connectivity index (χ3n) is 3.30. The molecule has 0 saturated carbocycles. The maximum Gasteiger partial charge on any atom is 0.0949 e. The molecule has 0 bridgehead atoms. The summed E-state index contributed by atoms with van der Waals surface area (Å²) in [6.45, 7) is 6.06. The molecule has 0 aromatic carbocycles. The number of ether oxygens (including phenoxy) is 3. The smallest absolute Gasteiger partial charge is 0.0949 e. The second kappa shape index (κ2) is 10.1. The van der Waals surface area contributed by atoms with Gasteiger partial charge >= 0.3 is 0 Å². The molecule has 19 heavy (non-hydrogen) atoms. The molecule has 0 aliphatic carbocycles. The van der Waals surface area contributed by atoms with E-state index in [1.54, 1.807) is 7.11 Å². The van der Waals surface area contributed by atoms with E-state index in [-0.39, 0.29) is 5.92 Å². The van der Waals surface area contributed by atoms with E-state index in [1.807, 2.05) is 0 Å². The van der Waals surface area contributed by atoms with Crippen molar-refractivity contribution in [3.8, 4) is 0 Å². The summed E-state index contributed by atoms with van der Waals surface area (Å²) in [4.78, 5) is 2.32. The highest BCUT2D eigenvalue weighted by Gasteiger charge is 2.21. The maximum atomic E-state index is 7.50. The molecule has 0 amide bonds. The first-order chi connectivity index (χ1) is 9.24. The number of hydrogen-bond donors (Lipinski definition) is 2. The van der Waals surface area contributed by atoms with Crippen LogP contribution in [0.25, 0.3) is 0 Å². The Morgan fingerprint density at radius 3 is 2.58 bits per heavy atom. The molecule has 1 saturated heterocycles. The number of nitrogens with one attached hydrogen (secondary N) is 1. The number of piperidine rings is 1. The quantitative estimate of drug-likeness (QED) is 0.340. The van der Waals surface area contributed by atoms with Crippen LogP contribution in [0.2, 0.25) is 0 Å². The van der Waals surface area contributed by atoms with Crippen molar-refractivity contribution in [2.45, 2.75) is 12.8 Å². The van der Waals surface area contributed by atoms with Crippen molar-refractivity contribution in [1.82, 2.24) is 4.90 Å². The highest BCUT2D eigenvalue weighted by atomic mass is 16.5. The Balaban J connectivity index is 1.95.